The highest BCUT2D eigenvalue weighted by atomic mass is 16.3. The fraction of sp³-hybridized carbons (Fsp3) is 0.909. The molecule has 88 valence electrons. The molecule has 2 unspecified atom stereocenters. The van der Waals surface area contributed by atoms with E-state index < -0.39 is 6.04 Å². The van der Waals surface area contributed by atoms with Crippen LogP contribution in [0, 0.1) is 5.92 Å². The number of unbranched alkanes of at least 4 members (excludes halogenated alkanes) is 1. The Hall–Kier alpha value is -0.610. The van der Waals surface area contributed by atoms with Crippen molar-refractivity contribution in [3.8, 4) is 0 Å². The Balaban J connectivity index is 2.59. The van der Waals surface area contributed by atoms with Crippen LogP contribution in [0.2, 0.25) is 0 Å². The smallest absolute Gasteiger partial charge is 0.242 e. The third-order valence-corrected chi connectivity index (χ3v) is 2.82. The first-order chi connectivity index (χ1) is 7.19. The van der Waals surface area contributed by atoms with Crippen molar-refractivity contribution in [3.05, 3.63) is 0 Å². The minimum absolute atomic E-state index is 0.0512. The summed E-state index contributed by atoms with van der Waals surface area (Å²) in [6, 6.07) is -0.396. The maximum Gasteiger partial charge on any atom is 0.242 e. The van der Waals surface area contributed by atoms with Crippen molar-refractivity contribution in [1.82, 2.24) is 10.2 Å². The molecule has 1 aliphatic rings. The van der Waals surface area contributed by atoms with E-state index in [0.29, 0.717) is 5.92 Å². The van der Waals surface area contributed by atoms with Gasteiger partial charge in [0.2, 0.25) is 5.91 Å². The zero-order chi connectivity index (χ0) is 11.3. The van der Waals surface area contributed by atoms with E-state index in [2.05, 4.69) is 19.2 Å². The molecule has 0 radical (unpaired) electrons. The van der Waals surface area contributed by atoms with E-state index in [1.807, 2.05) is 4.90 Å². The third kappa shape index (κ3) is 3.47. The van der Waals surface area contributed by atoms with Gasteiger partial charge >= 0.3 is 0 Å². The Morgan fingerprint density at radius 3 is 2.93 bits per heavy atom. The lowest BCUT2D eigenvalue weighted by molar-refractivity contribution is -0.133. The van der Waals surface area contributed by atoms with E-state index >= 15 is 0 Å². The summed E-state index contributed by atoms with van der Waals surface area (Å²) in [6.45, 7) is 6.57. The third-order valence-electron chi connectivity index (χ3n) is 2.82. The van der Waals surface area contributed by atoms with Gasteiger partial charge in [0.1, 0.15) is 6.04 Å². The number of amides is 1. The average molecular weight is 214 g/mol. The first-order valence-electron chi connectivity index (χ1n) is 5.82. The molecule has 1 amide bonds. The minimum Gasteiger partial charge on any atom is -0.394 e. The van der Waals surface area contributed by atoms with Crippen LogP contribution < -0.4 is 5.32 Å². The molecule has 4 heteroatoms. The molecule has 2 N–H and O–H groups in total. The quantitative estimate of drug-likeness (QED) is 0.703. The van der Waals surface area contributed by atoms with Gasteiger partial charge in [-0.25, -0.2) is 0 Å². The molecule has 1 heterocycles. The molecule has 0 aromatic heterocycles. The Morgan fingerprint density at radius 1 is 1.60 bits per heavy atom. The second-order valence-electron chi connectivity index (χ2n) is 4.39. The number of aliphatic hydroxyl groups is 1. The molecule has 0 saturated carbocycles. The van der Waals surface area contributed by atoms with E-state index in [1.54, 1.807) is 0 Å². The molecule has 0 aromatic rings. The second-order valence-corrected chi connectivity index (χ2v) is 4.39. The molecule has 0 spiro atoms. The zero-order valence-corrected chi connectivity index (χ0v) is 9.70. The molecule has 1 fully saturated rings. The van der Waals surface area contributed by atoms with Gasteiger partial charge in [-0.2, -0.15) is 0 Å². The van der Waals surface area contributed by atoms with Gasteiger partial charge in [-0.05, 0) is 12.3 Å². The van der Waals surface area contributed by atoms with Gasteiger partial charge in [-0.1, -0.05) is 20.3 Å². The van der Waals surface area contributed by atoms with E-state index in [9.17, 15) is 4.79 Å². The summed E-state index contributed by atoms with van der Waals surface area (Å²) in [4.78, 5) is 13.8. The van der Waals surface area contributed by atoms with Crippen LogP contribution in [0.15, 0.2) is 0 Å². The molecule has 0 bridgehead atoms. The Labute approximate surface area is 91.6 Å². The monoisotopic (exact) mass is 214 g/mol. The predicted molar refractivity (Wildman–Crippen MR) is 59.5 cm³/mol. The van der Waals surface area contributed by atoms with Gasteiger partial charge < -0.3 is 15.3 Å². The maximum atomic E-state index is 11.9. The molecule has 4 nitrogen and oxygen atoms in total. The molecule has 15 heavy (non-hydrogen) atoms. The normalized spacial score (nSPS) is 27.9. The average Bonchev–Trinajstić information content (AvgIpc) is 2.36. The van der Waals surface area contributed by atoms with Crippen molar-refractivity contribution in [1.29, 1.82) is 0 Å². The van der Waals surface area contributed by atoms with Gasteiger partial charge in [-0.15, -0.1) is 0 Å². The summed E-state index contributed by atoms with van der Waals surface area (Å²) in [7, 11) is 0. The van der Waals surface area contributed by atoms with Crippen molar-refractivity contribution in [2.75, 3.05) is 26.2 Å². The maximum absolute atomic E-state index is 11.9. The van der Waals surface area contributed by atoms with Crippen LogP contribution in [-0.4, -0.2) is 48.2 Å². The second kappa shape index (κ2) is 6.08. The van der Waals surface area contributed by atoms with Crippen LogP contribution in [0.5, 0.6) is 0 Å². The predicted octanol–water partition coefficient (Wildman–Crippen LogP) is 0.215. The minimum atomic E-state index is -0.396. The van der Waals surface area contributed by atoms with Crippen LogP contribution in [0.25, 0.3) is 0 Å². The van der Waals surface area contributed by atoms with Crippen LogP contribution in [0.4, 0.5) is 0 Å². The first kappa shape index (κ1) is 12.5. The molecule has 1 saturated heterocycles. The van der Waals surface area contributed by atoms with Crippen LogP contribution in [0.1, 0.15) is 26.7 Å². The summed E-state index contributed by atoms with van der Waals surface area (Å²) < 4.78 is 0. The van der Waals surface area contributed by atoms with Gasteiger partial charge in [0.15, 0.2) is 0 Å². The van der Waals surface area contributed by atoms with Crippen molar-refractivity contribution in [3.63, 3.8) is 0 Å². The summed E-state index contributed by atoms with van der Waals surface area (Å²) in [6.07, 6.45) is 2.13. The molecular weight excluding hydrogens is 192 g/mol. The molecule has 1 aliphatic heterocycles. The SMILES string of the molecule is CCCCN1CC(C)CNC(CO)C1=O. The highest BCUT2D eigenvalue weighted by molar-refractivity contribution is 5.82. The first-order valence-corrected chi connectivity index (χ1v) is 5.82. The standard InChI is InChI=1S/C11H22N2O2/c1-3-4-5-13-7-9(2)6-12-10(8-14)11(13)15/h9-10,12,14H,3-8H2,1-2H3. The summed E-state index contributed by atoms with van der Waals surface area (Å²) in [5, 5.41) is 12.2. The summed E-state index contributed by atoms with van der Waals surface area (Å²) >= 11 is 0. The lowest BCUT2D eigenvalue weighted by Gasteiger charge is -2.24. The molecule has 0 aromatic carbocycles. The van der Waals surface area contributed by atoms with Gasteiger partial charge in [0.25, 0.3) is 0 Å². The molecule has 2 atom stereocenters. The fourth-order valence-electron chi connectivity index (χ4n) is 1.87. The Kier molecular flexibility index (Phi) is 5.05. The number of carbonyl (C=O) groups is 1. The van der Waals surface area contributed by atoms with Gasteiger partial charge in [-0.3, -0.25) is 4.79 Å². The topological polar surface area (TPSA) is 52.6 Å². The van der Waals surface area contributed by atoms with Crippen LogP contribution >= 0.6 is 0 Å². The highest BCUT2D eigenvalue weighted by Crippen LogP contribution is 2.08. The highest BCUT2D eigenvalue weighted by Gasteiger charge is 2.27. The van der Waals surface area contributed by atoms with E-state index in [0.717, 1.165) is 32.5 Å². The van der Waals surface area contributed by atoms with Crippen LogP contribution in [0.3, 0.4) is 0 Å². The van der Waals surface area contributed by atoms with Gasteiger partial charge in [0, 0.05) is 19.6 Å². The van der Waals surface area contributed by atoms with Crippen molar-refractivity contribution in [2.45, 2.75) is 32.7 Å². The van der Waals surface area contributed by atoms with Crippen molar-refractivity contribution >= 4 is 5.91 Å². The molecule has 0 aliphatic carbocycles. The number of rotatable bonds is 4. The summed E-state index contributed by atoms with van der Waals surface area (Å²) in [5.41, 5.74) is 0. The van der Waals surface area contributed by atoms with E-state index in [1.165, 1.54) is 0 Å². The number of nitrogens with zero attached hydrogens (tertiary/aromatic N) is 1. The largest absolute Gasteiger partial charge is 0.394 e. The number of carbonyl (C=O) groups excluding carboxylic acids is 1. The number of hydrogen-bond donors (Lipinski definition) is 2. The number of aliphatic hydroxyl groups excluding tert-OH is 1. The number of nitrogens with one attached hydrogen (secondary N) is 1. The van der Waals surface area contributed by atoms with E-state index in [4.69, 9.17) is 5.11 Å². The molecule has 1 rings (SSSR count). The number of hydrogen-bond acceptors (Lipinski definition) is 3. The Bertz CT molecular complexity index is 209. The van der Waals surface area contributed by atoms with Crippen molar-refractivity contribution in [2.24, 2.45) is 5.92 Å². The fourth-order valence-corrected chi connectivity index (χ4v) is 1.87. The molecular formula is C11H22N2O2. The van der Waals surface area contributed by atoms with Crippen molar-refractivity contribution < 1.29 is 9.90 Å². The summed E-state index contributed by atoms with van der Waals surface area (Å²) in [5.74, 6) is 0.512. The zero-order valence-electron chi connectivity index (χ0n) is 9.70. The lowest BCUT2D eigenvalue weighted by atomic mass is 10.1. The van der Waals surface area contributed by atoms with E-state index in [-0.39, 0.29) is 12.5 Å². The van der Waals surface area contributed by atoms with Crippen LogP contribution in [-0.2, 0) is 4.79 Å². The lowest BCUT2D eigenvalue weighted by Crippen LogP contribution is -2.46. The Morgan fingerprint density at radius 2 is 2.33 bits per heavy atom. The van der Waals surface area contributed by atoms with Gasteiger partial charge in [0.05, 0.1) is 6.61 Å².